The molecule has 2 aliphatic heterocycles. The van der Waals surface area contributed by atoms with Crippen molar-refractivity contribution in [3.8, 4) is 0 Å². The highest BCUT2D eigenvalue weighted by Crippen LogP contribution is 2.29. The van der Waals surface area contributed by atoms with Crippen LogP contribution in [0.1, 0.15) is 11.1 Å². The van der Waals surface area contributed by atoms with Gasteiger partial charge in [-0.15, -0.1) is 0 Å². The maximum Gasteiger partial charge on any atom is 0.297 e. The van der Waals surface area contributed by atoms with E-state index in [4.69, 9.17) is 22.6 Å². The first-order chi connectivity index (χ1) is 20.1. The Morgan fingerprint density at radius 3 is 1.21 bits per heavy atom. The van der Waals surface area contributed by atoms with Crippen LogP contribution in [0.2, 0.25) is 0 Å². The topological polar surface area (TPSA) is 236 Å². The van der Waals surface area contributed by atoms with Crippen molar-refractivity contribution in [3.63, 3.8) is 0 Å². The molecule has 0 spiro atoms. The van der Waals surface area contributed by atoms with E-state index < -0.39 is 94.9 Å². The Balaban J connectivity index is 1.42. The minimum Gasteiger partial charge on any atom is -0.387 e. The van der Waals surface area contributed by atoms with E-state index >= 15 is 0 Å². The number of hydrogen-bond acceptors (Lipinski definition) is 15. The summed E-state index contributed by atoms with van der Waals surface area (Å²) in [7, 11) is -8.62. The van der Waals surface area contributed by atoms with Gasteiger partial charge < -0.3 is 44.8 Å². The van der Waals surface area contributed by atoms with E-state index in [-0.39, 0.29) is 9.79 Å². The van der Waals surface area contributed by atoms with Crippen molar-refractivity contribution in [2.24, 2.45) is 0 Å². The van der Waals surface area contributed by atoms with Crippen LogP contribution in [0.15, 0.2) is 58.3 Å². The van der Waals surface area contributed by atoms with E-state index in [2.05, 4.69) is 0 Å². The smallest absolute Gasteiger partial charge is 0.297 e. The lowest BCUT2D eigenvalue weighted by atomic mass is 9.98. The van der Waals surface area contributed by atoms with Crippen molar-refractivity contribution >= 4 is 20.2 Å². The van der Waals surface area contributed by atoms with Gasteiger partial charge in [0, 0.05) is 0 Å². The number of aryl methyl sites for hydroxylation is 2. The Morgan fingerprint density at radius 2 is 0.884 bits per heavy atom. The highest BCUT2D eigenvalue weighted by Gasteiger charge is 2.50. The molecule has 2 aliphatic rings. The molecule has 4 rings (SSSR count). The lowest BCUT2D eigenvalue weighted by Gasteiger charge is -2.44. The quantitative estimate of drug-likeness (QED) is 0.153. The fraction of sp³-hybridized carbons (Fsp3) is 0.538. The molecule has 0 saturated carbocycles. The SMILES string of the molecule is Cc1ccc(S(=O)(=O)OC[C@@H]2O[C@@H](O[C@@H]3O[C@@H](COS(=O)(=O)c4ccc(C)cc4)[C@@H](O)[C@@H](O)[C@@H]3O)[C@H](O)[C@@H](O)[C@H]2O)cc1. The molecule has 0 aromatic heterocycles. The van der Waals surface area contributed by atoms with Crippen molar-refractivity contribution in [1.82, 2.24) is 0 Å². The van der Waals surface area contributed by atoms with Crippen LogP contribution in [0.5, 0.6) is 0 Å². The lowest BCUT2D eigenvalue weighted by molar-refractivity contribution is -0.375. The third-order valence-electron chi connectivity index (χ3n) is 7.00. The van der Waals surface area contributed by atoms with Gasteiger partial charge in [0.05, 0.1) is 23.0 Å². The molecule has 10 atom stereocenters. The molecule has 0 bridgehead atoms. The number of hydrogen-bond donors (Lipinski definition) is 6. The Morgan fingerprint density at radius 1 is 0.558 bits per heavy atom. The molecule has 17 heteroatoms. The second-order valence-corrected chi connectivity index (χ2v) is 13.5. The summed E-state index contributed by atoms with van der Waals surface area (Å²) in [6, 6.07) is 11.4. The third kappa shape index (κ3) is 7.77. The molecule has 2 aromatic rings. The van der Waals surface area contributed by atoms with Crippen LogP contribution in [-0.4, -0.2) is 122 Å². The third-order valence-corrected chi connectivity index (χ3v) is 9.59. The largest absolute Gasteiger partial charge is 0.387 e. The maximum absolute atomic E-state index is 12.6. The molecule has 240 valence electrons. The summed E-state index contributed by atoms with van der Waals surface area (Å²) in [6.45, 7) is 1.88. The Hall–Kier alpha value is -2.10. The molecule has 2 fully saturated rings. The fourth-order valence-corrected chi connectivity index (χ4v) is 6.16. The molecule has 6 N–H and O–H groups in total. The van der Waals surface area contributed by atoms with E-state index in [1.807, 2.05) is 0 Å². The lowest BCUT2D eigenvalue weighted by Crippen LogP contribution is -2.64. The van der Waals surface area contributed by atoms with Gasteiger partial charge in [-0.1, -0.05) is 35.4 Å². The predicted octanol–water partition coefficient (Wildman–Crippen LogP) is -1.95. The van der Waals surface area contributed by atoms with Crippen molar-refractivity contribution in [2.45, 2.75) is 85.1 Å². The van der Waals surface area contributed by atoms with Crippen molar-refractivity contribution in [3.05, 3.63) is 59.7 Å². The average Bonchev–Trinajstić information content (AvgIpc) is 2.96. The van der Waals surface area contributed by atoms with Crippen LogP contribution in [0.4, 0.5) is 0 Å². The normalized spacial score (nSPS) is 33.8. The second-order valence-electron chi connectivity index (χ2n) is 10.3. The fourth-order valence-electron chi connectivity index (χ4n) is 4.32. The molecular formula is C26H34O15S2. The van der Waals surface area contributed by atoms with Crippen LogP contribution < -0.4 is 0 Å². The molecule has 0 unspecified atom stereocenters. The number of aliphatic hydroxyl groups excluding tert-OH is 6. The number of rotatable bonds is 10. The summed E-state index contributed by atoms with van der Waals surface area (Å²) in [4.78, 5) is -0.360. The predicted molar refractivity (Wildman–Crippen MR) is 143 cm³/mol. The van der Waals surface area contributed by atoms with E-state index in [0.29, 0.717) is 0 Å². The number of benzene rings is 2. The van der Waals surface area contributed by atoms with E-state index in [0.717, 1.165) is 11.1 Å². The van der Waals surface area contributed by atoms with Gasteiger partial charge in [-0.3, -0.25) is 8.37 Å². The Kier molecular flexibility index (Phi) is 10.6. The Labute approximate surface area is 248 Å². The maximum atomic E-state index is 12.6. The minimum absolute atomic E-state index is 0.180. The van der Waals surface area contributed by atoms with Crippen molar-refractivity contribution < 1.29 is 70.1 Å². The van der Waals surface area contributed by atoms with Gasteiger partial charge in [0.2, 0.25) is 0 Å². The summed E-state index contributed by atoms with van der Waals surface area (Å²) in [5, 5.41) is 62.3. The van der Waals surface area contributed by atoms with E-state index in [1.165, 1.54) is 24.3 Å². The summed E-state index contributed by atoms with van der Waals surface area (Å²) in [5.41, 5.74) is 1.60. The summed E-state index contributed by atoms with van der Waals surface area (Å²) < 4.78 is 76.5. The molecule has 2 saturated heterocycles. The first kappa shape index (κ1) is 33.8. The number of ether oxygens (including phenoxy) is 3. The molecule has 0 radical (unpaired) electrons. The minimum atomic E-state index is -4.31. The number of aliphatic hydroxyl groups is 6. The molecule has 0 amide bonds. The van der Waals surface area contributed by atoms with Gasteiger partial charge in [0.15, 0.2) is 12.6 Å². The van der Waals surface area contributed by atoms with Crippen molar-refractivity contribution in [2.75, 3.05) is 13.2 Å². The second kappa shape index (κ2) is 13.5. The van der Waals surface area contributed by atoms with Gasteiger partial charge in [0.25, 0.3) is 20.2 Å². The van der Waals surface area contributed by atoms with E-state index in [1.54, 1.807) is 38.1 Å². The highest BCUT2D eigenvalue weighted by atomic mass is 32.2. The molecule has 2 aromatic carbocycles. The average molecular weight is 651 g/mol. The zero-order valence-corrected chi connectivity index (χ0v) is 24.6. The summed E-state index contributed by atoms with van der Waals surface area (Å²) in [6.07, 6.45) is -18.4. The van der Waals surface area contributed by atoms with Crippen LogP contribution in [0.25, 0.3) is 0 Å². The van der Waals surface area contributed by atoms with Gasteiger partial charge >= 0.3 is 0 Å². The van der Waals surface area contributed by atoms with Crippen LogP contribution in [-0.2, 0) is 42.8 Å². The Bertz CT molecular complexity index is 1320. The van der Waals surface area contributed by atoms with Gasteiger partial charge in [-0.05, 0) is 38.1 Å². The zero-order valence-electron chi connectivity index (χ0n) is 23.0. The van der Waals surface area contributed by atoms with Gasteiger partial charge in [-0.2, -0.15) is 16.8 Å². The van der Waals surface area contributed by atoms with Crippen LogP contribution in [0.3, 0.4) is 0 Å². The molecule has 2 heterocycles. The standard InChI is InChI=1S/C26H34O15S2/c1-13-3-7-15(8-4-13)42(33,34)37-11-17-19(27)21(29)23(31)25(39-17)41-26-24(32)22(30)20(28)18(40-26)12-38-43(35,36)16-9-5-14(2)6-10-16/h3-10,17-32H,11-12H2,1-2H3/t17-,18-,19-,20+,21-,22+,23+,24-,25-,26-/m0/s1. The first-order valence-corrected chi connectivity index (χ1v) is 15.9. The first-order valence-electron chi connectivity index (χ1n) is 13.1. The van der Waals surface area contributed by atoms with E-state index in [9.17, 15) is 47.5 Å². The molecule has 15 nitrogen and oxygen atoms in total. The van der Waals surface area contributed by atoms with Crippen LogP contribution in [0, 0.1) is 13.8 Å². The van der Waals surface area contributed by atoms with Crippen molar-refractivity contribution in [1.29, 1.82) is 0 Å². The van der Waals surface area contributed by atoms with Gasteiger partial charge in [0.1, 0.15) is 48.8 Å². The highest BCUT2D eigenvalue weighted by molar-refractivity contribution is 7.87. The van der Waals surface area contributed by atoms with Gasteiger partial charge in [-0.25, -0.2) is 0 Å². The molecule has 43 heavy (non-hydrogen) atoms. The zero-order chi connectivity index (χ0) is 31.7. The molecule has 0 aliphatic carbocycles. The summed E-state index contributed by atoms with van der Waals surface area (Å²) >= 11 is 0. The molecular weight excluding hydrogens is 616 g/mol. The summed E-state index contributed by atoms with van der Waals surface area (Å²) in [5.74, 6) is 0. The van der Waals surface area contributed by atoms with Crippen LogP contribution >= 0.6 is 0 Å². The monoisotopic (exact) mass is 650 g/mol.